The quantitative estimate of drug-likeness (QED) is 0.541. The van der Waals surface area contributed by atoms with Crippen LogP contribution in [-0.2, 0) is 9.53 Å². The van der Waals surface area contributed by atoms with Gasteiger partial charge in [-0.25, -0.2) is 0 Å². The Morgan fingerprint density at radius 3 is 3.18 bits per heavy atom. The number of carbonyl (C=O) groups excluding carboxylic acids is 1. The van der Waals surface area contributed by atoms with E-state index in [4.69, 9.17) is 4.74 Å². The SMILES string of the molecule is O=C1CC[C@H]2COCC[C@@]12O. The lowest BCUT2D eigenvalue weighted by Crippen LogP contribution is -2.46. The Kier molecular flexibility index (Phi) is 1.51. The Morgan fingerprint density at radius 1 is 1.64 bits per heavy atom. The van der Waals surface area contributed by atoms with E-state index >= 15 is 0 Å². The molecule has 1 aliphatic heterocycles. The van der Waals surface area contributed by atoms with E-state index in [9.17, 15) is 9.90 Å². The summed E-state index contributed by atoms with van der Waals surface area (Å²) in [7, 11) is 0. The molecule has 0 unspecified atom stereocenters. The Labute approximate surface area is 65.4 Å². The lowest BCUT2D eigenvalue weighted by Gasteiger charge is -2.32. The van der Waals surface area contributed by atoms with Crippen molar-refractivity contribution in [1.82, 2.24) is 0 Å². The molecule has 1 N–H and O–H groups in total. The van der Waals surface area contributed by atoms with Crippen molar-refractivity contribution in [2.45, 2.75) is 24.9 Å². The molecule has 2 rings (SSSR count). The molecule has 3 nitrogen and oxygen atoms in total. The third-order valence-corrected chi connectivity index (χ3v) is 2.82. The van der Waals surface area contributed by atoms with Crippen LogP contribution >= 0.6 is 0 Å². The Morgan fingerprint density at radius 2 is 2.45 bits per heavy atom. The van der Waals surface area contributed by atoms with Crippen molar-refractivity contribution in [3.05, 3.63) is 0 Å². The standard InChI is InChI=1S/C8H12O3/c9-7-2-1-6-5-11-4-3-8(6,7)10/h6,10H,1-5H2/t6-,8-/m0/s1. The van der Waals surface area contributed by atoms with Crippen LogP contribution in [0.15, 0.2) is 0 Å². The molecule has 2 fully saturated rings. The molecule has 1 aliphatic carbocycles. The van der Waals surface area contributed by atoms with Crippen molar-refractivity contribution >= 4 is 5.78 Å². The third kappa shape index (κ3) is 0.914. The number of Topliss-reactive ketones (excluding diaryl/α,β-unsaturated/α-hetero) is 1. The average molecular weight is 156 g/mol. The second-order valence-corrected chi connectivity index (χ2v) is 3.41. The highest BCUT2D eigenvalue weighted by atomic mass is 16.5. The minimum absolute atomic E-state index is 0.0193. The summed E-state index contributed by atoms with van der Waals surface area (Å²) in [5.41, 5.74) is -1.02. The first-order valence-corrected chi connectivity index (χ1v) is 4.07. The van der Waals surface area contributed by atoms with Gasteiger partial charge in [0, 0.05) is 25.4 Å². The van der Waals surface area contributed by atoms with Gasteiger partial charge >= 0.3 is 0 Å². The Hall–Kier alpha value is -0.410. The molecule has 1 saturated heterocycles. The van der Waals surface area contributed by atoms with Gasteiger partial charge < -0.3 is 9.84 Å². The van der Waals surface area contributed by atoms with Crippen LogP contribution in [0, 0.1) is 5.92 Å². The van der Waals surface area contributed by atoms with E-state index in [0.29, 0.717) is 26.1 Å². The van der Waals surface area contributed by atoms with Gasteiger partial charge in [-0.05, 0) is 6.42 Å². The van der Waals surface area contributed by atoms with Crippen LogP contribution in [0.3, 0.4) is 0 Å². The molecule has 2 atom stereocenters. The number of rotatable bonds is 0. The van der Waals surface area contributed by atoms with E-state index in [1.165, 1.54) is 0 Å². The first-order chi connectivity index (χ1) is 5.23. The van der Waals surface area contributed by atoms with Gasteiger partial charge in [-0.2, -0.15) is 0 Å². The van der Waals surface area contributed by atoms with Crippen molar-refractivity contribution in [1.29, 1.82) is 0 Å². The molecule has 0 aromatic rings. The zero-order valence-electron chi connectivity index (χ0n) is 6.38. The van der Waals surface area contributed by atoms with Gasteiger partial charge in [0.1, 0.15) is 5.60 Å². The number of ether oxygens (including phenoxy) is 1. The normalized spacial score (nSPS) is 44.1. The fourth-order valence-corrected chi connectivity index (χ4v) is 2.01. The summed E-state index contributed by atoms with van der Waals surface area (Å²) in [5.74, 6) is 0.0922. The predicted octanol–water partition coefficient (Wildman–Crippen LogP) is 0.117. The van der Waals surface area contributed by atoms with Gasteiger partial charge in [0.25, 0.3) is 0 Å². The largest absolute Gasteiger partial charge is 0.382 e. The second kappa shape index (κ2) is 2.29. The predicted molar refractivity (Wildman–Crippen MR) is 38.1 cm³/mol. The van der Waals surface area contributed by atoms with E-state index in [2.05, 4.69) is 0 Å². The molecule has 1 saturated carbocycles. The minimum atomic E-state index is -1.02. The van der Waals surface area contributed by atoms with Crippen LogP contribution in [-0.4, -0.2) is 29.7 Å². The summed E-state index contributed by atoms with van der Waals surface area (Å²) in [4.78, 5) is 11.2. The highest BCUT2D eigenvalue weighted by Crippen LogP contribution is 2.37. The molecule has 0 aromatic carbocycles. The fourth-order valence-electron chi connectivity index (χ4n) is 2.01. The maximum absolute atomic E-state index is 11.2. The monoisotopic (exact) mass is 156 g/mol. The van der Waals surface area contributed by atoms with Crippen molar-refractivity contribution in [3.63, 3.8) is 0 Å². The van der Waals surface area contributed by atoms with Crippen molar-refractivity contribution < 1.29 is 14.6 Å². The first kappa shape index (κ1) is 7.25. The molecular formula is C8H12O3. The van der Waals surface area contributed by atoms with Gasteiger partial charge in [-0.1, -0.05) is 0 Å². The molecule has 3 heteroatoms. The molecule has 2 aliphatic rings. The van der Waals surface area contributed by atoms with Crippen LogP contribution in [0.5, 0.6) is 0 Å². The van der Waals surface area contributed by atoms with Gasteiger partial charge in [-0.15, -0.1) is 0 Å². The van der Waals surface area contributed by atoms with Crippen LogP contribution in [0.2, 0.25) is 0 Å². The molecule has 0 bridgehead atoms. The lowest BCUT2D eigenvalue weighted by molar-refractivity contribution is -0.148. The van der Waals surface area contributed by atoms with Crippen molar-refractivity contribution in [2.75, 3.05) is 13.2 Å². The second-order valence-electron chi connectivity index (χ2n) is 3.41. The molecule has 11 heavy (non-hydrogen) atoms. The van der Waals surface area contributed by atoms with Gasteiger partial charge in [0.15, 0.2) is 5.78 Å². The van der Waals surface area contributed by atoms with E-state index in [1.54, 1.807) is 0 Å². The lowest BCUT2D eigenvalue weighted by atomic mass is 9.86. The molecule has 0 aromatic heterocycles. The zero-order valence-corrected chi connectivity index (χ0v) is 6.38. The molecular weight excluding hydrogens is 144 g/mol. The number of hydrogen-bond acceptors (Lipinski definition) is 3. The fraction of sp³-hybridized carbons (Fsp3) is 0.875. The average Bonchev–Trinajstić information content (AvgIpc) is 2.29. The molecule has 62 valence electrons. The van der Waals surface area contributed by atoms with Gasteiger partial charge in [-0.3, -0.25) is 4.79 Å². The third-order valence-electron chi connectivity index (χ3n) is 2.82. The zero-order chi connectivity index (χ0) is 7.90. The summed E-state index contributed by atoms with van der Waals surface area (Å²) in [6.07, 6.45) is 1.83. The Balaban J connectivity index is 2.23. The molecule has 1 heterocycles. The van der Waals surface area contributed by atoms with Crippen molar-refractivity contribution in [2.24, 2.45) is 5.92 Å². The summed E-state index contributed by atoms with van der Waals surface area (Å²) in [5, 5.41) is 9.85. The minimum Gasteiger partial charge on any atom is -0.382 e. The molecule has 0 amide bonds. The number of ketones is 1. The van der Waals surface area contributed by atoms with Gasteiger partial charge in [0.05, 0.1) is 6.61 Å². The van der Waals surface area contributed by atoms with E-state index in [1.807, 2.05) is 0 Å². The molecule has 0 radical (unpaired) electrons. The van der Waals surface area contributed by atoms with Gasteiger partial charge in [0.2, 0.25) is 0 Å². The maximum atomic E-state index is 11.2. The maximum Gasteiger partial charge on any atom is 0.164 e. The van der Waals surface area contributed by atoms with Crippen LogP contribution in [0.1, 0.15) is 19.3 Å². The van der Waals surface area contributed by atoms with Crippen molar-refractivity contribution in [3.8, 4) is 0 Å². The molecule has 0 spiro atoms. The summed E-state index contributed by atoms with van der Waals surface area (Å²) in [6.45, 7) is 1.08. The highest BCUT2D eigenvalue weighted by Gasteiger charge is 2.49. The Bertz CT molecular complexity index is 190. The highest BCUT2D eigenvalue weighted by molar-refractivity contribution is 5.89. The van der Waals surface area contributed by atoms with E-state index in [-0.39, 0.29) is 11.7 Å². The van der Waals surface area contributed by atoms with E-state index < -0.39 is 5.60 Å². The van der Waals surface area contributed by atoms with Crippen LogP contribution in [0.4, 0.5) is 0 Å². The number of carbonyl (C=O) groups is 1. The first-order valence-electron chi connectivity index (χ1n) is 4.07. The topological polar surface area (TPSA) is 46.5 Å². The van der Waals surface area contributed by atoms with E-state index in [0.717, 1.165) is 6.42 Å². The smallest absolute Gasteiger partial charge is 0.164 e. The number of aliphatic hydroxyl groups is 1. The summed E-state index contributed by atoms with van der Waals surface area (Å²) >= 11 is 0. The summed E-state index contributed by atoms with van der Waals surface area (Å²) in [6, 6.07) is 0. The number of fused-ring (bicyclic) bond motifs is 1. The summed E-state index contributed by atoms with van der Waals surface area (Å²) < 4.78 is 5.18. The van der Waals surface area contributed by atoms with Crippen LogP contribution in [0.25, 0.3) is 0 Å². The van der Waals surface area contributed by atoms with Crippen LogP contribution < -0.4 is 0 Å². The number of hydrogen-bond donors (Lipinski definition) is 1.